The van der Waals surface area contributed by atoms with Crippen LogP contribution < -0.4 is 20.3 Å². The number of nitrogens with one attached hydrogen (secondary N) is 3. The van der Waals surface area contributed by atoms with E-state index in [1.54, 1.807) is 17.2 Å². The van der Waals surface area contributed by atoms with Crippen molar-refractivity contribution in [2.45, 2.75) is 38.3 Å². The molecule has 2 aromatic rings. The lowest BCUT2D eigenvalue weighted by atomic mass is 9.89. The van der Waals surface area contributed by atoms with Gasteiger partial charge >= 0.3 is 6.03 Å². The van der Waals surface area contributed by atoms with E-state index in [2.05, 4.69) is 10.6 Å². The van der Waals surface area contributed by atoms with Crippen LogP contribution >= 0.6 is 0 Å². The van der Waals surface area contributed by atoms with E-state index < -0.39 is 27.6 Å². The third kappa shape index (κ3) is 5.25. The number of carbonyl (C=O) groups is 3. The minimum absolute atomic E-state index is 0.0555. The highest BCUT2D eigenvalue weighted by atomic mass is 32.2. The Morgan fingerprint density at radius 3 is 2.53 bits per heavy atom. The topological polar surface area (TPSA) is 137 Å². The number of benzodiazepines with no additional fused rings is 1. The smallest absolute Gasteiger partial charge is 0.308 e. The van der Waals surface area contributed by atoms with E-state index in [4.69, 9.17) is 4.99 Å². The number of benzene rings is 2. The van der Waals surface area contributed by atoms with Crippen molar-refractivity contribution >= 4 is 45.5 Å². The first-order valence-corrected chi connectivity index (χ1v) is 13.7. The maximum atomic E-state index is 14.0. The summed E-state index contributed by atoms with van der Waals surface area (Å²) >= 11 is 0. The highest BCUT2D eigenvalue weighted by Gasteiger charge is 2.50. The van der Waals surface area contributed by atoms with Crippen LogP contribution in [0.1, 0.15) is 48.5 Å². The Morgan fingerprint density at radius 1 is 1.11 bits per heavy atom. The number of hydrogen-bond donors (Lipinski definition) is 3. The molecule has 36 heavy (non-hydrogen) atoms. The van der Waals surface area contributed by atoms with Gasteiger partial charge < -0.3 is 15.5 Å². The van der Waals surface area contributed by atoms with E-state index in [1.165, 1.54) is 18.2 Å². The second-order valence-electron chi connectivity index (χ2n) is 8.98. The van der Waals surface area contributed by atoms with Gasteiger partial charge in [-0.3, -0.25) is 14.6 Å². The highest BCUT2D eigenvalue weighted by molar-refractivity contribution is 7.89. The molecule has 0 radical (unpaired) electrons. The van der Waals surface area contributed by atoms with Crippen LogP contribution in [-0.4, -0.2) is 50.9 Å². The molecule has 1 aliphatic heterocycles. The number of urea groups is 1. The standard InChI is InChI=1S/C25H29N5O5S/c1-3-30-21-14-7-4-9-18(21)16-26-25(23(30)32,19-11-5-6-12-19)28-24(33)27-20-13-8-10-17(15-20)22(31)29-36(2,34)35/h4,7-10,13-16,19H,3,5-6,11-12H2,1-2H3,(H,29,31)(H2,27,28,33). The molecule has 0 bridgehead atoms. The van der Waals surface area contributed by atoms with Gasteiger partial charge in [-0.15, -0.1) is 0 Å². The van der Waals surface area contributed by atoms with E-state index in [-0.39, 0.29) is 23.1 Å². The van der Waals surface area contributed by atoms with Gasteiger partial charge in [0.05, 0.1) is 11.9 Å². The maximum absolute atomic E-state index is 14.0. The van der Waals surface area contributed by atoms with E-state index >= 15 is 0 Å². The average Bonchev–Trinajstić information content (AvgIpc) is 3.34. The molecule has 1 unspecified atom stereocenters. The average molecular weight is 512 g/mol. The summed E-state index contributed by atoms with van der Waals surface area (Å²) in [6.07, 6.45) is 5.91. The largest absolute Gasteiger partial charge is 0.321 e. The Balaban J connectivity index is 1.62. The first-order valence-electron chi connectivity index (χ1n) is 11.8. The molecule has 10 nitrogen and oxygen atoms in total. The quantitative estimate of drug-likeness (QED) is 0.548. The number of amides is 4. The van der Waals surface area contributed by atoms with Gasteiger partial charge in [0.15, 0.2) is 0 Å². The number of likely N-dealkylation sites (N-methyl/N-ethyl adjacent to an activating group) is 1. The monoisotopic (exact) mass is 511 g/mol. The molecule has 3 N–H and O–H groups in total. The fourth-order valence-electron chi connectivity index (χ4n) is 4.81. The van der Waals surface area contributed by atoms with E-state index in [0.717, 1.165) is 43.2 Å². The lowest BCUT2D eigenvalue weighted by Crippen LogP contribution is -2.62. The Morgan fingerprint density at radius 2 is 1.83 bits per heavy atom. The number of sulfonamides is 1. The van der Waals surface area contributed by atoms with Gasteiger partial charge in [-0.1, -0.05) is 37.1 Å². The van der Waals surface area contributed by atoms with Gasteiger partial charge in [-0.25, -0.2) is 17.9 Å². The fourth-order valence-corrected chi connectivity index (χ4v) is 5.27. The van der Waals surface area contributed by atoms with Crippen molar-refractivity contribution in [3.8, 4) is 0 Å². The molecule has 190 valence electrons. The lowest BCUT2D eigenvalue weighted by molar-refractivity contribution is -0.126. The molecule has 1 aliphatic carbocycles. The molecular weight excluding hydrogens is 482 g/mol. The molecule has 1 atom stereocenters. The Bertz CT molecular complexity index is 1320. The number of aliphatic imine (C=N–C) groups is 1. The van der Waals surface area contributed by atoms with Crippen LogP contribution in [0.5, 0.6) is 0 Å². The number of hydrogen-bond acceptors (Lipinski definition) is 6. The second kappa shape index (κ2) is 10.1. The van der Waals surface area contributed by atoms with Crippen LogP contribution in [0.3, 0.4) is 0 Å². The van der Waals surface area contributed by atoms with Crippen molar-refractivity contribution in [2.24, 2.45) is 10.9 Å². The first-order chi connectivity index (χ1) is 17.1. The summed E-state index contributed by atoms with van der Waals surface area (Å²) in [4.78, 5) is 45.8. The van der Waals surface area contributed by atoms with Gasteiger partial charge in [0.25, 0.3) is 11.8 Å². The van der Waals surface area contributed by atoms with Crippen LogP contribution in [0.2, 0.25) is 0 Å². The summed E-state index contributed by atoms with van der Waals surface area (Å²) in [5, 5.41) is 5.53. The van der Waals surface area contributed by atoms with Crippen LogP contribution in [0.15, 0.2) is 53.5 Å². The zero-order valence-corrected chi connectivity index (χ0v) is 21.0. The maximum Gasteiger partial charge on any atom is 0.321 e. The van der Waals surface area contributed by atoms with Crippen molar-refractivity contribution in [2.75, 3.05) is 23.0 Å². The normalized spacial score (nSPS) is 19.9. The Hall–Kier alpha value is -3.73. The minimum Gasteiger partial charge on any atom is -0.308 e. The SMILES string of the molecule is CCN1C(=O)C(NC(=O)Nc2cccc(C(=O)NS(C)(=O)=O)c2)(C2CCCC2)N=Cc2ccccc21. The van der Waals surface area contributed by atoms with Crippen LogP contribution in [0.25, 0.3) is 0 Å². The molecule has 0 saturated heterocycles. The summed E-state index contributed by atoms with van der Waals surface area (Å²) < 4.78 is 24.7. The fraction of sp³-hybridized carbons (Fsp3) is 0.360. The van der Waals surface area contributed by atoms with E-state index in [1.807, 2.05) is 35.9 Å². The van der Waals surface area contributed by atoms with Crippen LogP contribution in [0, 0.1) is 5.92 Å². The van der Waals surface area contributed by atoms with Crippen molar-refractivity contribution in [1.29, 1.82) is 0 Å². The third-order valence-corrected chi connectivity index (χ3v) is 6.99. The molecule has 0 aromatic heterocycles. The Kier molecular flexibility index (Phi) is 7.11. The third-order valence-electron chi connectivity index (χ3n) is 6.43. The molecule has 1 heterocycles. The predicted molar refractivity (Wildman–Crippen MR) is 138 cm³/mol. The van der Waals surface area contributed by atoms with Crippen molar-refractivity contribution in [1.82, 2.24) is 10.0 Å². The molecule has 2 aliphatic rings. The molecule has 2 aromatic carbocycles. The summed E-state index contributed by atoms with van der Waals surface area (Å²) in [7, 11) is -3.74. The van der Waals surface area contributed by atoms with Gasteiger partial charge in [-0.05, 0) is 44.0 Å². The number of anilines is 2. The van der Waals surface area contributed by atoms with Gasteiger partial charge in [0.2, 0.25) is 15.7 Å². The molecular formula is C25H29N5O5S. The summed E-state index contributed by atoms with van der Waals surface area (Å²) in [5.41, 5.74) is 0.358. The van der Waals surface area contributed by atoms with E-state index in [9.17, 15) is 22.8 Å². The Labute approximate surface area is 210 Å². The van der Waals surface area contributed by atoms with Crippen molar-refractivity contribution in [3.05, 3.63) is 59.7 Å². The van der Waals surface area contributed by atoms with Gasteiger partial charge in [-0.2, -0.15) is 0 Å². The molecule has 11 heteroatoms. The first kappa shape index (κ1) is 25.4. The predicted octanol–water partition coefficient (Wildman–Crippen LogP) is 2.87. The number of rotatable bonds is 6. The lowest BCUT2D eigenvalue weighted by Gasteiger charge is -2.37. The van der Waals surface area contributed by atoms with Crippen LogP contribution in [0.4, 0.5) is 16.2 Å². The van der Waals surface area contributed by atoms with Gasteiger partial charge in [0.1, 0.15) is 0 Å². The zero-order valence-electron chi connectivity index (χ0n) is 20.2. The second-order valence-corrected chi connectivity index (χ2v) is 10.7. The van der Waals surface area contributed by atoms with Crippen LogP contribution in [-0.2, 0) is 14.8 Å². The zero-order chi connectivity index (χ0) is 25.9. The number of carbonyl (C=O) groups excluding carboxylic acids is 3. The van der Waals surface area contributed by atoms with E-state index in [0.29, 0.717) is 6.54 Å². The van der Waals surface area contributed by atoms with Crippen molar-refractivity contribution < 1.29 is 22.8 Å². The van der Waals surface area contributed by atoms with Gasteiger partial charge in [0, 0.05) is 35.5 Å². The highest BCUT2D eigenvalue weighted by Crippen LogP contribution is 2.39. The number of fused-ring (bicyclic) bond motifs is 1. The number of nitrogens with zero attached hydrogens (tertiary/aromatic N) is 2. The molecule has 4 rings (SSSR count). The summed E-state index contributed by atoms with van der Waals surface area (Å²) in [6, 6.07) is 12.7. The molecule has 0 spiro atoms. The molecule has 4 amide bonds. The summed E-state index contributed by atoms with van der Waals surface area (Å²) in [5.74, 6) is -1.29. The molecule has 1 saturated carbocycles. The minimum atomic E-state index is -3.74. The summed E-state index contributed by atoms with van der Waals surface area (Å²) in [6.45, 7) is 2.29. The number of para-hydroxylation sites is 1. The molecule has 1 fully saturated rings. The van der Waals surface area contributed by atoms with Crippen molar-refractivity contribution in [3.63, 3.8) is 0 Å².